The van der Waals surface area contributed by atoms with Crippen molar-refractivity contribution in [3.63, 3.8) is 0 Å². The number of aliphatic hydroxyl groups is 1. The number of aromatic nitrogens is 3. The molecule has 1 N–H and O–H groups in total. The summed E-state index contributed by atoms with van der Waals surface area (Å²) in [4.78, 5) is 16.8. The van der Waals surface area contributed by atoms with Crippen LogP contribution in [-0.2, 0) is 6.54 Å². The van der Waals surface area contributed by atoms with Gasteiger partial charge in [0.1, 0.15) is 0 Å². The Morgan fingerprint density at radius 1 is 1.24 bits per heavy atom. The maximum Gasteiger partial charge on any atom is 0.196 e. The minimum Gasteiger partial charge on any atom is -0.394 e. The average Bonchev–Trinajstić information content (AvgIpc) is 2.85. The van der Waals surface area contributed by atoms with E-state index in [0.717, 1.165) is 16.6 Å². The highest BCUT2D eigenvalue weighted by molar-refractivity contribution is 6.39. The van der Waals surface area contributed by atoms with E-state index in [1.54, 1.807) is 35.3 Å². The largest absolute Gasteiger partial charge is 0.394 e. The number of hydrogen-bond acceptors (Lipinski definition) is 4. The molecule has 21 heavy (non-hydrogen) atoms. The van der Waals surface area contributed by atoms with Gasteiger partial charge in [0.15, 0.2) is 5.78 Å². The topological polar surface area (TPSA) is 68.0 Å². The first-order chi connectivity index (χ1) is 10.2. The number of fused-ring (bicyclic) bond motifs is 2. The van der Waals surface area contributed by atoms with Gasteiger partial charge in [-0.3, -0.25) is 14.5 Å². The molecule has 1 aliphatic rings. The highest BCUT2D eigenvalue weighted by Gasteiger charge is 2.30. The van der Waals surface area contributed by atoms with Crippen LogP contribution in [0.5, 0.6) is 0 Å². The van der Waals surface area contributed by atoms with E-state index in [1.807, 2.05) is 0 Å². The van der Waals surface area contributed by atoms with Crippen LogP contribution in [0.3, 0.4) is 0 Å². The Labute approximate surface area is 124 Å². The lowest BCUT2D eigenvalue weighted by molar-refractivity contribution is 0.104. The number of halogens is 1. The quantitative estimate of drug-likeness (QED) is 0.616. The van der Waals surface area contributed by atoms with Gasteiger partial charge >= 0.3 is 0 Å². The SMILES string of the molecule is O=C1c2ccncc2-c2c3c1c(Cl)ccc3nn2CCO. The Hall–Kier alpha value is -2.24. The van der Waals surface area contributed by atoms with Gasteiger partial charge in [0.05, 0.1) is 34.9 Å². The zero-order valence-corrected chi connectivity index (χ0v) is 11.6. The van der Waals surface area contributed by atoms with E-state index < -0.39 is 0 Å². The molecule has 0 radical (unpaired) electrons. The smallest absolute Gasteiger partial charge is 0.196 e. The monoisotopic (exact) mass is 299 g/mol. The molecule has 1 aromatic carbocycles. The van der Waals surface area contributed by atoms with Crippen LogP contribution in [0.2, 0.25) is 5.02 Å². The number of carbonyl (C=O) groups excluding carboxylic acids is 1. The lowest BCUT2D eigenvalue weighted by Gasteiger charge is -2.17. The molecule has 2 heterocycles. The Morgan fingerprint density at radius 3 is 2.90 bits per heavy atom. The minimum absolute atomic E-state index is 0.0341. The van der Waals surface area contributed by atoms with Crippen LogP contribution in [0.4, 0.5) is 0 Å². The zero-order chi connectivity index (χ0) is 14.6. The highest BCUT2D eigenvalue weighted by Crippen LogP contribution is 2.41. The summed E-state index contributed by atoms with van der Waals surface area (Å²) in [6.07, 6.45) is 3.24. The summed E-state index contributed by atoms with van der Waals surface area (Å²) >= 11 is 6.23. The summed E-state index contributed by atoms with van der Waals surface area (Å²) in [6.45, 7) is 0.317. The first-order valence-electron chi connectivity index (χ1n) is 6.51. The first-order valence-corrected chi connectivity index (χ1v) is 6.89. The fourth-order valence-electron chi connectivity index (χ4n) is 2.87. The third kappa shape index (κ3) is 1.58. The second-order valence-corrected chi connectivity index (χ2v) is 5.27. The van der Waals surface area contributed by atoms with E-state index >= 15 is 0 Å². The van der Waals surface area contributed by atoms with Gasteiger partial charge in [-0.15, -0.1) is 0 Å². The summed E-state index contributed by atoms with van der Waals surface area (Å²) in [7, 11) is 0. The van der Waals surface area contributed by atoms with Gasteiger partial charge in [-0.25, -0.2) is 0 Å². The Balaban J connectivity index is 2.21. The van der Waals surface area contributed by atoms with Gasteiger partial charge in [0, 0.05) is 28.9 Å². The molecular weight excluding hydrogens is 290 g/mol. The molecule has 0 amide bonds. The van der Waals surface area contributed by atoms with E-state index in [4.69, 9.17) is 11.6 Å². The van der Waals surface area contributed by atoms with Crippen molar-refractivity contribution in [2.45, 2.75) is 6.54 Å². The number of carbonyl (C=O) groups is 1. The predicted octanol–water partition coefficient (Wildman–Crippen LogP) is 2.29. The number of pyridine rings is 1. The molecule has 0 atom stereocenters. The van der Waals surface area contributed by atoms with Crippen molar-refractivity contribution in [1.29, 1.82) is 0 Å². The summed E-state index contributed by atoms with van der Waals surface area (Å²) in [5.74, 6) is -0.112. The van der Waals surface area contributed by atoms with Gasteiger partial charge < -0.3 is 5.11 Å². The van der Waals surface area contributed by atoms with Crippen LogP contribution in [0.15, 0.2) is 30.6 Å². The highest BCUT2D eigenvalue weighted by atomic mass is 35.5. The number of rotatable bonds is 2. The summed E-state index contributed by atoms with van der Waals surface area (Å²) in [5, 5.41) is 14.9. The van der Waals surface area contributed by atoms with Crippen molar-refractivity contribution >= 4 is 28.3 Å². The Morgan fingerprint density at radius 2 is 2.10 bits per heavy atom. The fraction of sp³-hybridized carbons (Fsp3) is 0.133. The fourth-order valence-corrected chi connectivity index (χ4v) is 3.11. The van der Waals surface area contributed by atoms with E-state index in [0.29, 0.717) is 28.2 Å². The van der Waals surface area contributed by atoms with Gasteiger partial charge in [-0.05, 0) is 18.2 Å². The molecule has 4 rings (SSSR count). The number of hydrogen-bond donors (Lipinski definition) is 1. The van der Waals surface area contributed by atoms with E-state index in [-0.39, 0.29) is 12.4 Å². The Kier molecular flexibility index (Phi) is 2.60. The van der Waals surface area contributed by atoms with Crippen LogP contribution in [0.25, 0.3) is 22.2 Å². The molecule has 5 nitrogen and oxygen atoms in total. The molecule has 0 fully saturated rings. The van der Waals surface area contributed by atoms with Crippen LogP contribution in [-0.4, -0.2) is 32.3 Å². The van der Waals surface area contributed by atoms with E-state index in [2.05, 4.69) is 10.1 Å². The second kappa shape index (κ2) is 4.38. The van der Waals surface area contributed by atoms with Crippen LogP contribution >= 0.6 is 11.6 Å². The van der Waals surface area contributed by atoms with Gasteiger partial charge in [0.2, 0.25) is 0 Å². The van der Waals surface area contributed by atoms with Gasteiger partial charge in [0.25, 0.3) is 0 Å². The van der Waals surface area contributed by atoms with Gasteiger partial charge in [-0.1, -0.05) is 11.6 Å². The van der Waals surface area contributed by atoms with Crippen molar-refractivity contribution in [2.75, 3.05) is 6.61 Å². The lowest BCUT2D eigenvalue weighted by Crippen LogP contribution is -2.13. The molecule has 104 valence electrons. The predicted molar refractivity (Wildman–Crippen MR) is 78.5 cm³/mol. The van der Waals surface area contributed by atoms with Crippen molar-refractivity contribution in [1.82, 2.24) is 14.8 Å². The summed E-state index contributed by atoms with van der Waals surface area (Å²) in [5.41, 5.74) is 3.26. The molecule has 1 aliphatic carbocycles. The molecule has 0 aliphatic heterocycles. The van der Waals surface area contributed by atoms with Gasteiger partial charge in [-0.2, -0.15) is 5.10 Å². The third-order valence-corrected chi connectivity index (χ3v) is 4.03. The summed E-state index contributed by atoms with van der Waals surface area (Å²) in [6, 6.07) is 5.16. The number of benzene rings is 1. The van der Waals surface area contributed by atoms with Crippen molar-refractivity contribution in [2.24, 2.45) is 0 Å². The van der Waals surface area contributed by atoms with Crippen molar-refractivity contribution in [3.8, 4) is 11.3 Å². The van der Waals surface area contributed by atoms with E-state index in [9.17, 15) is 9.90 Å². The standard InChI is InChI=1S/C15H10ClN3O2/c16-10-1-2-11-13-12(10)15(21)8-3-4-17-7-9(8)14(13)19(18-11)5-6-20/h1-4,7,20H,5-6H2. The number of nitrogens with zero attached hydrogens (tertiary/aromatic N) is 3. The number of aliphatic hydroxyl groups excluding tert-OH is 1. The maximum absolute atomic E-state index is 12.7. The normalized spacial score (nSPS) is 12.8. The molecule has 6 heteroatoms. The lowest BCUT2D eigenvalue weighted by atomic mass is 9.88. The molecule has 0 saturated heterocycles. The molecule has 3 aromatic rings. The second-order valence-electron chi connectivity index (χ2n) is 4.86. The average molecular weight is 300 g/mol. The molecule has 0 saturated carbocycles. The molecule has 0 bridgehead atoms. The third-order valence-electron chi connectivity index (χ3n) is 3.72. The van der Waals surface area contributed by atoms with Crippen LogP contribution < -0.4 is 0 Å². The zero-order valence-electron chi connectivity index (χ0n) is 10.9. The first kappa shape index (κ1) is 12.5. The number of ketones is 1. The van der Waals surface area contributed by atoms with Crippen LogP contribution in [0, 0.1) is 0 Å². The maximum atomic E-state index is 12.7. The van der Waals surface area contributed by atoms with Crippen LogP contribution in [0.1, 0.15) is 15.9 Å². The van der Waals surface area contributed by atoms with E-state index in [1.165, 1.54) is 0 Å². The molecule has 0 spiro atoms. The molecular formula is C15H10ClN3O2. The minimum atomic E-state index is -0.112. The van der Waals surface area contributed by atoms with Crippen molar-refractivity contribution in [3.05, 3.63) is 46.7 Å². The molecule has 2 aromatic heterocycles. The summed E-state index contributed by atoms with van der Waals surface area (Å²) < 4.78 is 1.71. The molecule has 0 unspecified atom stereocenters. The van der Waals surface area contributed by atoms with Crippen molar-refractivity contribution < 1.29 is 9.90 Å². The Bertz CT molecular complexity index is 901.